The normalized spacial score (nSPS) is 24.6. The van der Waals surface area contributed by atoms with Gasteiger partial charge in [-0.2, -0.15) is 0 Å². The van der Waals surface area contributed by atoms with Gasteiger partial charge in [0.05, 0.1) is 12.7 Å². The molecule has 2 nitrogen and oxygen atoms in total. The van der Waals surface area contributed by atoms with Gasteiger partial charge in [0.1, 0.15) is 0 Å². The summed E-state index contributed by atoms with van der Waals surface area (Å²) in [5, 5.41) is 3.23. The van der Waals surface area contributed by atoms with E-state index >= 15 is 0 Å². The van der Waals surface area contributed by atoms with Crippen LogP contribution in [-0.2, 0) is 11.3 Å². The summed E-state index contributed by atoms with van der Waals surface area (Å²) in [7, 11) is 2.00. The van der Waals surface area contributed by atoms with E-state index in [2.05, 4.69) is 43.4 Å². The number of nitrogens with one attached hydrogen (secondary N) is 1. The van der Waals surface area contributed by atoms with Gasteiger partial charge in [-0.3, -0.25) is 0 Å². The highest BCUT2D eigenvalue weighted by molar-refractivity contribution is 5.24. The van der Waals surface area contributed by atoms with E-state index < -0.39 is 0 Å². The highest BCUT2D eigenvalue weighted by Gasteiger charge is 2.21. The first kappa shape index (κ1) is 15.5. The topological polar surface area (TPSA) is 21.3 Å². The predicted octanol–water partition coefficient (Wildman–Crippen LogP) is 4.10. The Morgan fingerprint density at radius 1 is 1.20 bits per heavy atom. The maximum atomic E-state index is 6.12. The van der Waals surface area contributed by atoms with E-state index in [9.17, 15) is 0 Å². The van der Waals surface area contributed by atoms with Crippen LogP contribution in [0.1, 0.15) is 56.6 Å². The lowest BCUT2D eigenvalue weighted by Crippen LogP contribution is -2.25. The molecule has 0 radical (unpaired) electrons. The van der Waals surface area contributed by atoms with Crippen LogP contribution in [0.5, 0.6) is 0 Å². The summed E-state index contributed by atoms with van der Waals surface area (Å²) in [4.78, 5) is 0. The molecule has 1 aromatic rings. The second-order valence-corrected chi connectivity index (χ2v) is 6.31. The molecule has 0 heterocycles. The molecule has 0 spiro atoms. The van der Waals surface area contributed by atoms with Gasteiger partial charge in [0.25, 0.3) is 0 Å². The van der Waals surface area contributed by atoms with Gasteiger partial charge in [-0.05, 0) is 42.9 Å². The Bertz CT molecular complexity index is 387. The molecule has 20 heavy (non-hydrogen) atoms. The fourth-order valence-electron chi connectivity index (χ4n) is 3.10. The maximum Gasteiger partial charge on any atom is 0.0720 e. The molecule has 2 heteroatoms. The van der Waals surface area contributed by atoms with E-state index in [4.69, 9.17) is 4.74 Å². The Balaban J connectivity index is 1.84. The molecular weight excluding hydrogens is 246 g/mol. The Kier molecular flexibility index (Phi) is 6.06. The van der Waals surface area contributed by atoms with Crippen LogP contribution in [0.25, 0.3) is 0 Å². The standard InChI is InChI=1S/C18H29NO/c1-14-6-4-5-7-18(14)20-13-16-8-10-17(11-9-16)15(2)12-19-3/h8-11,14-15,18-19H,4-7,12-13H2,1-3H3. The minimum atomic E-state index is 0.464. The van der Waals surface area contributed by atoms with Crippen molar-refractivity contribution < 1.29 is 4.74 Å². The Morgan fingerprint density at radius 2 is 1.90 bits per heavy atom. The average molecular weight is 275 g/mol. The number of hydrogen-bond acceptors (Lipinski definition) is 2. The zero-order chi connectivity index (χ0) is 14.4. The summed E-state index contributed by atoms with van der Waals surface area (Å²) in [6, 6.07) is 8.92. The van der Waals surface area contributed by atoms with E-state index in [1.165, 1.54) is 36.8 Å². The van der Waals surface area contributed by atoms with Gasteiger partial charge in [-0.25, -0.2) is 0 Å². The molecule has 1 N–H and O–H groups in total. The first-order chi connectivity index (χ1) is 9.70. The van der Waals surface area contributed by atoms with Crippen LogP contribution in [0.2, 0.25) is 0 Å². The van der Waals surface area contributed by atoms with Crippen LogP contribution in [0.4, 0.5) is 0 Å². The van der Waals surface area contributed by atoms with Crippen molar-refractivity contribution in [3.8, 4) is 0 Å². The first-order valence-electron chi connectivity index (χ1n) is 8.05. The minimum absolute atomic E-state index is 0.464. The van der Waals surface area contributed by atoms with Crippen LogP contribution in [0.3, 0.4) is 0 Å². The van der Waals surface area contributed by atoms with E-state index in [0.717, 1.165) is 19.1 Å². The predicted molar refractivity (Wildman–Crippen MR) is 85.0 cm³/mol. The van der Waals surface area contributed by atoms with Crippen molar-refractivity contribution in [2.24, 2.45) is 5.92 Å². The van der Waals surface area contributed by atoms with Crippen molar-refractivity contribution in [2.75, 3.05) is 13.6 Å². The first-order valence-corrected chi connectivity index (χ1v) is 8.05. The monoisotopic (exact) mass is 275 g/mol. The fourth-order valence-corrected chi connectivity index (χ4v) is 3.10. The minimum Gasteiger partial charge on any atom is -0.373 e. The Labute approximate surface area is 123 Å². The molecule has 3 atom stereocenters. The fraction of sp³-hybridized carbons (Fsp3) is 0.667. The number of likely N-dealkylation sites (N-methyl/N-ethyl adjacent to an activating group) is 1. The molecule has 1 fully saturated rings. The molecule has 0 aliphatic heterocycles. The zero-order valence-corrected chi connectivity index (χ0v) is 13.2. The van der Waals surface area contributed by atoms with Gasteiger partial charge in [-0.15, -0.1) is 0 Å². The van der Waals surface area contributed by atoms with Crippen LogP contribution in [0.15, 0.2) is 24.3 Å². The summed E-state index contributed by atoms with van der Waals surface area (Å²) in [5.41, 5.74) is 2.69. The summed E-state index contributed by atoms with van der Waals surface area (Å²) in [6.45, 7) is 6.36. The summed E-state index contributed by atoms with van der Waals surface area (Å²) in [5.74, 6) is 1.28. The molecule has 0 bridgehead atoms. The van der Waals surface area contributed by atoms with Crippen molar-refractivity contribution in [3.05, 3.63) is 35.4 Å². The van der Waals surface area contributed by atoms with Crippen LogP contribution < -0.4 is 5.32 Å². The van der Waals surface area contributed by atoms with E-state index in [0.29, 0.717) is 12.0 Å². The highest BCUT2D eigenvalue weighted by Crippen LogP contribution is 2.27. The number of hydrogen-bond donors (Lipinski definition) is 1. The van der Waals surface area contributed by atoms with Crippen LogP contribution in [0, 0.1) is 5.92 Å². The number of benzene rings is 1. The quantitative estimate of drug-likeness (QED) is 0.843. The van der Waals surface area contributed by atoms with Gasteiger partial charge in [0, 0.05) is 6.54 Å². The lowest BCUT2D eigenvalue weighted by atomic mass is 9.88. The molecule has 1 aliphatic carbocycles. The van der Waals surface area contributed by atoms with Crippen molar-refractivity contribution in [2.45, 2.75) is 58.2 Å². The van der Waals surface area contributed by atoms with Gasteiger partial charge < -0.3 is 10.1 Å². The smallest absolute Gasteiger partial charge is 0.0720 e. The third-order valence-corrected chi connectivity index (χ3v) is 4.56. The van der Waals surface area contributed by atoms with Crippen LogP contribution >= 0.6 is 0 Å². The van der Waals surface area contributed by atoms with Crippen LogP contribution in [-0.4, -0.2) is 19.7 Å². The largest absolute Gasteiger partial charge is 0.373 e. The van der Waals surface area contributed by atoms with Gasteiger partial charge >= 0.3 is 0 Å². The third kappa shape index (κ3) is 4.32. The average Bonchev–Trinajstić information content (AvgIpc) is 2.47. The molecule has 1 aliphatic rings. The van der Waals surface area contributed by atoms with Gasteiger partial charge in [0.15, 0.2) is 0 Å². The zero-order valence-electron chi connectivity index (χ0n) is 13.2. The Hall–Kier alpha value is -0.860. The summed E-state index contributed by atoms with van der Waals surface area (Å²) < 4.78 is 6.12. The molecule has 1 aromatic carbocycles. The maximum absolute atomic E-state index is 6.12. The lowest BCUT2D eigenvalue weighted by molar-refractivity contribution is -0.0154. The second kappa shape index (κ2) is 7.80. The molecule has 3 unspecified atom stereocenters. The lowest BCUT2D eigenvalue weighted by Gasteiger charge is -2.28. The van der Waals surface area contributed by atoms with Gasteiger partial charge in [-0.1, -0.05) is 51.0 Å². The van der Waals surface area contributed by atoms with Gasteiger partial charge in [0.2, 0.25) is 0 Å². The summed E-state index contributed by atoms with van der Waals surface area (Å²) in [6.07, 6.45) is 5.73. The molecule has 0 amide bonds. The van der Waals surface area contributed by atoms with E-state index in [1.807, 2.05) is 7.05 Å². The Morgan fingerprint density at radius 3 is 2.55 bits per heavy atom. The third-order valence-electron chi connectivity index (χ3n) is 4.56. The molecule has 1 saturated carbocycles. The van der Waals surface area contributed by atoms with E-state index in [-0.39, 0.29) is 0 Å². The summed E-state index contributed by atoms with van der Waals surface area (Å²) >= 11 is 0. The van der Waals surface area contributed by atoms with Crippen molar-refractivity contribution in [1.82, 2.24) is 5.32 Å². The number of ether oxygens (including phenoxy) is 1. The molecular formula is C18H29NO. The molecule has 112 valence electrons. The molecule has 0 aromatic heterocycles. The van der Waals surface area contributed by atoms with Crippen molar-refractivity contribution >= 4 is 0 Å². The molecule has 0 saturated heterocycles. The SMILES string of the molecule is CNCC(C)c1ccc(COC2CCCCC2C)cc1. The van der Waals surface area contributed by atoms with E-state index in [1.54, 1.807) is 0 Å². The molecule has 2 rings (SSSR count). The number of rotatable bonds is 6. The highest BCUT2D eigenvalue weighted by atomic mass is 16.5. The van der Waals surface area contributed by atoms with Crippen molar-refractivity contribution in [1.29, 1.82) is 0 Å². The van der Waals surface area contributed by atoms with Crippen molar-refractivity contribution in [3.63, 3.8) is 0 Å². The second-order valence-electron chi connectivity index (χ2n) is 6.31.